The van der Waals surface area contributed by atoms with Crippen LogP contribution in [-0.4, -0.2) is 26.3 Å². The molecule has 2 fully saturated rings. The SMILES string of the molecule is CNC1CC(Oc2ccc(OC)cc2Br)C12CCCC2. The van der Waals surface area contributed by atoms with Crippen LogP contribution < -0.4 is 14.8 Å². The molecule has 2 aliphatic carbocycles. The van der Waals surface area contributed by atoms with Gasteiger partial charge in [-0.15, -0.1) is 0 Å². The minimum atomic E-state index is 0.340. The van der Waals surface area contributed by atoms with Crippen molar-refractivity contribution in [3.63, 3.8) is 0 Å². The average Bonchev–Trinajstić information content (AvgIpc) is 2.96. The summed E-state index contributed by atoms with van der Waals surface area (Å²) in [4.78, 5) is 0. The van der Waals surface area contributed by atoms with Gasteiger partial charge in [0.25, 0.3) is 0 Å². The largest absolute Gasteiger partial charge is 0.497 e. The molecule has 1 spiro atoms. The predicted octanol–water partition coefficient (Wildman–Crippen LogP) is 3.76. The average molecular weight is 340 g/mol. The molecule has 2 unspecified atom stereocenters. The second kappa shape index (κ2) is 5.57. The van der Waals surface area contributed by atoms with Crippen LogP contribution in [0.1, 0.15) is 32.1 Å². The number of benzene rings is 1. The molecular weight excluding hydrogens is 318 g/mol. The molecule has 0 heterocycles. The van der Waals surface area contributed by atoms with Gasteiger partial charge in [-0.25, -0.2) is 0 Å². The zero-order chi connectivity index (χ0) is 14.2. The molecular formula is C16H22BrNO2. The Labute approximate surface area is 129 Å². The third-order valence-corrected chi connectivity index (χ3v) is 5.70. The Morgan fingerprint density at radius 1 is 1.30 bits per heavy atom. The van der Waals surface area contributed by atoms with Crippen LogP contribution in [-0.2, 0) is 0 Å². The maximum atomic E-state index is 6.31. The Morgan fingerprint density at radius 3 is 2.65 bits per heavy atom. The minimum Gasteiger partial charge on any atom is -0.497 e. The first kappa shape index (κ1) is 14.2. The summed E-state index contributed by atoms with van der Waals surface area (Å²) in [6.45, 7) is 0. The normalized spacial score (nSPS) is 27.4. The van der Waals surface area contributed by atoms with Crippen molar-refractivity contribution in [2.24, 2.45) is 5.41 Å². The Hall–Kier alpha value is -0.740. The molecule has 0 saturated heterocycles. The van der Waals surface area contributed by atoms with E-state index in [0.717, 1.165) is 22.4 Å². The maximum absolute atomic E-state index is 6.31. The number of rotatable bonds is 4. The summed E-state index contributed by atoms with van der Waals surface area (Å²) >= 11 is 3.58. The number of methoxy groups -OCH3 is 1. The zero-order valence-electron chi connectivity index (χ0n) is 12.1. The van der Waals surface area contributed by atoms with Gasteiger partial charge in [0.2, 0.25) is 0 Å². The summed E-state index contributed by atoms with van der Waals surface area (Å²) in [5.74, 6) is 1.78. The number of ether oxygens (including phenoxy) is 2. The van der Waals surface area contributed by atoms with Gasteiger partial charge in [0, 0.05) is 17.9 Å². The Kier molecular flexibility index (Phi) is 3.95. The molecule has 3 nitrogen and oxygen atoms in total. The molecule has 4 heteroatoms. The number of hydrogen-bond donors (Lipinski definition) is 1. The fraction of sp³-hybridized carbons (Fsp3) is 0.625. The quantitative estimate of drug-likeness (QED) is 0.905. The molecule has 20 heavy (non-hydrogen) atoms. The van der Waals surface area contributed by atoms with Gasteiger partial charge in [-0.05, 0) is 54.0 Å². The third-order valence-electron chi connectivity index (χ3n) is 5.08. The molecule has 0 aliphatic heterocycles. The lowest BCUT2D eigenvalue weighted by molar-refractivity contribution is -0.0739. The lowest BCUT2D eigenvalue weighted by Gasteiger charge is -2.53. The number of halogens is 1. The summed E-state index contributed by atoms with van der Waals surface area (Å²) in [7, 11) is 3.75. The molecule has 0 amide bonds. The van der Waals surface area contributed by atoms with Crippen molar-refractivity contribution >= 4 is 15.9 Å². The summed E-state index contributed by atoms with van der Waals surface area (Å²) in [6, 6.07) is 6.53. The van der Waals surface area contributed by atoms with E-state index in [1.54, 1.807) is 7.11 Å². The number of hydrogen-bond acceptors (Lipinski definition) is 3. The minimum absolute atomic E-state index is 0.340. The molecule has 2 saturated carbocycles. The molecule has 1 N–H and O–H groups in total. The lowest BCUT2D eigenvalue weighted by Crippen LogP contribution is -2.63. The molecule has 1 aromatic carbocycles. The Balaban J connectivity index is 1.75. The van der Waals surface area contributed by atoms with Crippen molar-refractivity contribution in [3.05, 3.63) is 22.7 Å². The third kappa shape index (κ3) is 2.23. The fourth-order valence-corrected chi connectivity index (χ4v) is 4.33. The highest BCUT2D eigenvalue weighted by Crippen LogP contribution is 2.55. The van der Waals surface area contributed by atoms with Gasteiger partial charge in [0.1, 0.15) is 17.6 Å². The fourth-order valence-electron chi connectivity index (χ4n) is 3.88. The second-order valence-electron chi connectivity index (χ2n) is 5.92. The maximum Gasteiger partial charge on any atom is 0.134 e. The van der Waals surface area contributed by atoms with Crippen LogP contribution in [0, 0.1) is 5.41 Å². The van der Waals surface area contributed by atoms with Crippen LogP contribution in [0.4, 0.5) is 0 Å². The van der Waals surface area contributed by atoms with Crippen molar-refractivity contribution < 1.29 is 9.47 Å². The van der Waals surface area contributed by atoms with Gasteiger partial charge >= 0.3 is 0 Å². The van der Waals surface area contributed by atoms with E-state index in [1.165, 1.54) is 25.7 Å². The van der Waals surface area contributed by atoms with Crippen LogP contribution in [0.25, 0.3) is 0 Å². The van der Waals surface area contributed by atoms with Gasteiger partial charge in [-0.2, -0.15) is 0 Å². The van der Waals surface area contributed by atoms with Crippen LogP contribution in [0.2, 0.25) is 0 Å². The Morgan fingerprint density at radius 2 is 2.05 bits per heavy atom. The monoisotopic (exact) mass is 339 g/mol. The first-order valence-electron chi connectivity index (χ1n) is 7.37. The number of nitrogens with one attached hydrogen (secondary N) is 1. The van der Waals surface area contributed by atoms with Crippen molar-refractivity contribution in [1.29, 1.82) is 0 Å². The summed E-state index contributed by atoms with van der Waals surface area (Å²) in [5, 5.41) is 3.47. The lowest BCUT2D eigenvalue weighted by atomic mass is 9.60. The molecule has 1 aromatic rings. The first-order chi connectivity index (χ1) is 9.69. The van der Waals surface area contributed by atoms with Gasteiger partial charge in [0.05, 0.1) is 11.6 Å². The highest BCUT2D eigenvalue weighted by Gasteiger charge is 2.57. The van der Waals surface area contributed by atoms with E-state index >= 15 is 0 Å². The molecule has 3 rings (SSSR count). The van der Waals surface area contributed by atoms with Crippen molar-refractivity contribution in [1.82, 2.24) is 5.32 Å². The first-order valence-corrected chi connectivity index (χ1v) is 8.16. The topological polar surface area (TPSA) is 30.5 Å². The van der Waals surface area contributed by atoms with Crippen molar-refractivity contribution in [3.8, 4) is 11.5 Å². The van der Waals surface area contributed by atoms with E-state index in [-0.39, 0.29) is 0 Å². The highest BCUT2D eigenvalue weighted by molar-refractivity contribution is 9.10. The predicted molar refractivity (Wildman–Crippen MR) is 83.5 cm³/mol. The molecule has 2 aliphatic rings. The molecule has 0 aromatic heterocycles. The molecule has 0 bridgehead atoms. The molecule has 2 atom stereocenters. The van der Waals surface area contributed by atoms with Crippen molar-refractivity contribution in [2.75, 3.05) is 14.2 Å². The highest BCUT2D eigenvalue weighted by atomic mass is 79.9. The second-order valence-corrected chi connectivity index (χ2v) is 6.77. The summed E-state index contributed by atoms with van der Waals surface area (Å²) in [5.41, 5.74) is 0.355. The van der Waals surface area contributed by atoms with Gasteiger partial charge < -0.3 is 14.8 Å². The van der Waals surface area contributed by atoms with Crippen LogP contribution in [0.3, 0.4) is 0 Å². The van der Waals surface area contributed by atoms with Crippen LogP contribution in [0.15, 0.2) is 22.7 Å². The Bertz CT molecular complexity index is 485. The van der Waals surface area contributed by atoms with Crippen LogP contribution in [0.5, 0.6) is 11.5 Å². The zero-order valence-corrected chi connectivity index (χ0v) is 13.7. The van der Waals surface area contributed by atoms with E-state index in [0.29, 0.717) is 17.6 Å². The van der Waals surface area contributed by atoms with Gasteiger partial charge in [-0.1, -0.05) is 12.8 Å². The summed E-state index contributed by atoms with van der Waals surface area (Å²) < 4.78 is 12.5. The van der Waals surface area contributed by atoms with Crippen LogP contribution >= 0.6 is 15.9 Å². The van der Waals surface area contributed by atoms with E-state index in [1.807, 2.05) is 18.2 Å². The van der Waals surface area contributed by atoms with E-state index in [2.05, 4.69) is 28.3 Å². The van der Waals surface area contributed by atoms with Gasteiger partial charge in [-0.3, -0.25) is 0 Å². The van der Waals surface area contributed by atoms with Gasteiger partial charge in [0.15, 0.2) is 0 Å². The van der Waals surface area contributed by atoms with E-state index < -0.39 is 0 Å². The standard InChI is InChI=1S/C16H22BrNO2/c1-18-14-10-15(16(14)7-3-4-8-16)20-13-6-5-11(19-2)9-12(13)17/h5-6,9,14-15,18H,3-4,7-8,10H2,1-2H3. The summed E-state index contributed by atoms with van der Waals surface area (Å²) in [6.07, 6.45) is 6.69. The van der Waals surface area contributed by atoms with Crippen molar-refractivity contribution in [2.45, 2.75) is 44.2 Å². The van der Waals surface area contributed by atoms with E-state index in [9.17, 15) is 0 Å². The molecule has 0 radical (unpaired) electrons. The van der Waals surface area contributed by atoms with E-state index in [4.69, 9.17) is 9.47 Å². The smallest absolute Gasteiger partial charge is 0.134 e. The molecule has 110 valence electrons.